The van der Waals surface area contributed by atoms with E-state index in [1.165, 1.54) is 5.57 Å². The molecule has 0 N–H and O–H groups in total. The summed E-state index contributed by atoms with van der Waals surface area (Å²) in [5.41, 5.74) is 1.35. The molecule has 1 heteroatoms. The van der Waals surface area contributed by atoms with Gasteiger partial charge in [0.2, 0.25) is 0 Å². The van der Waals surface area contributed by atoms with Crippen molar-refractivity contribution in [3.8, 4) is 11.8 Å². The lowest BCUT2D eigenvalue weighted by Crippen LogP contribution is -2.33. The SMILES string of the molecule is CCCC#CC[N+](C)(C)C=C(C)C. The summed E-state index contributed by atoms with van der Waals surface area (Å²) in [6.07, 6.45) is 4.42. The quantitative estimate of drug-likeness (QED) is 0.463. The highest BCUT2D eigenvalue weighted by Gasteiger charge is 2.08. The topological polar surface area (TPSA) is 0 Å². The molecule has 0 spiro atoms. The van der Waals surface area contributed by atoms with Gasteiger partial charge in [0.1, 0.15) is 6.54 Å². The first-order valence-electron chi connectivity index (χ1n) is 4.92. The Kier molecular flexibility index (Phi) is 5.50. The Bertz CT molecular complexity index is 221. The van der Waals surface area contributed by atoms with Gasteiger partial charge in [-0.3, -0.25) is 4.48 Å². The molecule has 0 atom stereocenters. The second kappa shape index (κ2) is 5.83. The Morgan fingerprint density at radius 3 is 2.31 bits per heavy atom. The van der Waals surface area contributed by atoms with E-state index in [0.717, 1.165) is 23.9 Å². The molecule has 13 heavy (non-hydrogen) atoms. The molecule has 0 saturated carbocycles. The van der Waals surface area contributed by atoms with E-state index in [9.17, 15) is 0 Å². The van der Waals surface area contributed by atoms with Crippen molar-refractivity contribution >= 4 is 0 Å². The molecule has 0 aliphatic rings. The van der Waals surface area contributed by atoms with Crippen LogP contribution in [0.15, 0.2) is 11.8 Å². The molecular formula is C12H22N+. The van der Waals surface area contributed by atoms with Gasteiger partial charge in [0, 0.05) is 6.42 Å². The van der Waals surface area contributed by atoms with Crippen LogP contribution in [0.25, 0.3) is 0 Å². The zero-order valence-corrected chi connectivity index (χ0v) is 9.65. The van der Waals surface area contributed by atoms with Gasteiger partial charge in [-0.25, -0.2) is 0 Å². The number of allylic oxidation sites excluding steroid dienone is 1. The van der Waals surface area contributed by atoms with Crippen LogP contribution in [0.2, 0.25) is 0 Å². The molecule has 74 valence electrons. The molecule has 0 aromatic rings. The van der Waals surface area contributed by atoms with Crippen molar-refractivity contribution in [1.29, 1.82) is 0 Å². The third-order valence-corrected chi connectivity index (χ3v) is 1.59. The minimum atomic E-state index is 0.860. The predicted molar refractivity (Wildman–Crippen MR) is 59.1 cm³/mol. The highest BCUT2D eigenvalue weighted by atomic mass is 15.3. The van der Waals surface area contributed by atoms with Crippen LogP contribution in [0.3, 0.4) is 0 Å². The molecule has 0 aromatic carbocycles. The lowest BCUT2D eigenvalue weighted by Gasteiger charge is -2.22. The second-order valence-electron chi connectivity index (χ2n) is 4.25. The van der Waals surface area contributed by atoms with E-state index in [1.54, 1.807) is 0 Å². The Hall–Kier alpha value is -0.740. The molecule has 0 heterocycles. The van der Waals surface area contributed by atoms with Gasteiger partial charge in [-0.1, -0.05) is 12.8 Å². The van der Waals surface area contributed by atoms with Gasteiger partial charge in [0.05, 0.1) is 20.3 Å². The monoisotopic (exact) mass is 180 g/mol. The van der Waals surface area contributed by atoms with Crippen LogP contribution in [0, 0.1) is 11.8 Å². The first-order chi connectivity index (χ1) is 5.98. The van der Waals surface area contributed by atoms with Crippen LogP contribution in [0.1, 0.15) is 33.6 Å². The van der Waals surface area contributed by atoms with Gasteiger partial charge in [-0.15, -0.1) is 0 Å². The maximum atomic E-state index is 3.21. The second-order valence-corrected chi connectivity index (χ2v) is 4.25. The van der Waals surface area contributed by atoms with Crippen molar-refractivity contribution in [1.82, 2.24) is 0 Å². The molecule has 0 saturated heterocycles. The minimum Gasteiger partial charge on any atom is -0.292 e. The lowest BCUT2D eigenvalue weighted by molar-refractivity contribution is -0.831. The van der Waals surface area contributed by atoms with Gasteiger partial charge in [0.25, 0.3) is 0 Å². The molecule has 0 aliphatic carbocycles. The zero-order chi connectivity index (χ0) is 10.3. The van der Waals surface area contributed by atoms with Crippen LogP contribution < -0.4 is 0 Å². The van der Waals surface area contributed by atoms with E-state index < -0.39 is 0 Å². The fraction of sp³-hybridized carbons (Fsp3) is 0.667. The average Bonchev–Trinajstić information content (AvgIpc) is 1.95. The van der Waals surface area contributed by atoms with E-state index in [-0.39, 0.29) is 0 Å². The molecule has 0 radical (unpaired) electrons. The van der Waals surface area contributed by atoms with Crippen LogP contribution in [0.4, 0.5) is 0 Å². The van der Waals surface area contributed by atoms with Crippen molar-refractivity contribution in [2.24, 2.45) is 0 Å². The van der Waals surface area contributed by atoms with Gasteiger partial charge in [0.15, 0.2) is 0 Å². The van der Waals surface area contributed by atoms with Crippen molar-refractivity contribution in [3.63, 3.8) is 0 Å². The highest BCUT2D eigenvalue weighted by molar-refractivity contribution is 4.99. The fourth-order valence-electron chi connectivity index (χ4n) is 1.22. The Morgan fingerprint density at radius 2 is 1.85 bits per heavy atom. The summed E-state index contributed by atoms with van der Waals surface area (Å²) in [5.74, 6) is 6.38. The number of hydrogen-bond acceptors (Lipinski definition) is 0. The summed E-state index contributed by atoms with van der Waals surface area (Å²) in [4.78, 5) is 0. The Labute approximate surface area is 83.0 Å². The molecule has 0 unspecified atom stereocenters. The molecule has 0 rings (SSSR count). The number of quaternary nitrogens is 1. The van der Waals surface area contributed by atoms with Crippen molar-refractivity contribution < 1.29 is 4.48 Å². The van der Waals surface area contributed by atoms with Crippen LogP contribution in [-0.4, -0.2) is 25.1 Å². The highest BCUT2D eigenvalue weighted by Crippen LogP contribution is 2.01. The van der Waals surface area contributed by atoms with E-state index >= 15 is 0 Å². The summed E-state index contributed by atoms with van der Waals surface area (Å²) in [7, 11) is 4.35. The van der Waals surface area contributed by atoms with E-state index in [0.29, 0.717) is 0 Å². The molecule has 0 amide bonds. The van der Waals surface area contributed by atoms with Gasteiger partial charge < -0.3 is 0 Å². The Balaban J connectivity index is 4.05. The minimum absolute atomic E-state index is 0.860. The molecule has 0 aliphatic heterocycles. The van der Waals surface area contributed by atoms with Crippen molar-refractivity contribution in [3.05, 3.63) is 11.8 Å². The van der Waals surface area contributed by atoms with Crippen molar-refractivity contribution in [2.45, 2.75) is 33.6 Å². The summed E-state index contributed by atoms with van der Waals surface area (Å²) >= 11 is 0. The van der Waals surface area contributed by atoms with Crippen molar-refractivity contribution in [2.75, 3.05) is 20.6 Å². The normalized spacial score (nSPS) is 10.2. The standard InChI is InChI=1S/C12H22N/c1-6-7-8-9-10-13(4,5)11-12(2)3/h11H,6-7,10H2,1-5H3/q+1. The number of unbranched alkanes of at least 4 members (excludes halogenated alkanes) is 1. The predicted octanol–water partition coefficient (Wildman–Crippen LogP) is 2.79. The van der Waals surface area contributed by atoms with E-state index in [2.05, 4.69) is 52.9 Å². The third kappa shape index (κ3) is 7.62. The van der Waals surface area contributed by atoms with Crippen LogP contribution >= 0.6 is 0 Å². The number of rotatable bonds is 3. The lowest BCUT2D eigenvalue weighted by atomic mass is 10.3. The Morgan fingerprint density at radius 1 is 1.23 bits per heavy atom. The maximum absolute atomic E-state index is 3.21. The number of nitrogens with zero attached hydrogens (tertiary/aromatic N) is 1. The van der Waals surface area contributed by atoms with Gasteiger partial charge >= 0.3 is 0 Å². The fourth-order valence-corrected chi connectivity index (χ4v) is 1.22. The van der Waals surface area contributed by atoms with Crippen LogP contribution in [0.5, 0.6) is 0 Å². The molecule has 1 nitrogen and oxygen atoms in total. The summed E-state index contributed by atoms with van der Waals surface area (Å²) in [5, 5.41) is 0. The third-order valence-electron chi connectivity index (χ3n) is 1.59. The van der Waals surface area contributed by atoms with E-state index in [4.69, 9.17) is 0 Å². The van der Waals surface area contributed by atoms with E-state index in [1.807, 2.05) is 0 Å². The summed E-state index contributed by atoms with van der Waals surface area (Å²) < 4.78 is 0.860. The zero-order valence-electron chi connectivity index (χ0n) is 9.65. The molecule has 0 bridgehead atoms. The molecular weight excluding hydrogens is 158 g/mol. The van der Waals surface area contributed by atoms with Crippen LogP contribution in [-0.2, 0) is 0 Å². The number of hydrogen-bond donors (Lipinski definition) is 0. The smallest absolute Gasteiger partial charge is 0.144 e. The first kappa shape index (κ1) is 12.3. The largest absolute Gasteiger partial charge is 0.292 e. The molecule has 0 aromatic heterocycles. The van der Waals surface area contributed by atoms with Gasteiger partial charge in [-0.2, -0.15) is 0 Å². The average molecular weight is 180 g/mol. The maximum Gasteiger partial charge on any atom is 0.144 e. The first-order valence-corrected chi connectivity index (χ1v) is 4.92. The van der Waals surface area contributed by atoms with Gasteiger partial charge in [-0.05, 0) is 31.8 Å². The molecule has 0 fully saturated rings. The summed E-state index contributed by atoms with van der Waals surface area (Å²) in [6.45, 7) is 7.31. The summed E-state index contributed by atoms with van der Waals surface area (Å²) in [6, 6.07) is 0.